The number of nitrogens with zero attached hydrogens (tertiary/aromatic N) is 1. The fourth-order valence-electron chi connectivity index (χ4n) is 3.52. The molecule has 1 aliphatic rings. The molecule has 0 radical (unpaired) electrons. The number of carbonyl (C=O) groups excluding carboxylic acids is 2. The summed E-state index contributed by atoms with van der Waals surface area (Å²) in [6.45, 7) is 3.69. The molecule has 7 heteroatoms. The van der Waals surface area contributed by atoms with Crippen LogP contribution in [0.15, 0.2) is 33.5 Å². The van der Waals surface area contributed by atoms with E-state index >= 15 is 0 Å². The lowest BCUT2D eigenvalue weighted by Crippen LogP contribution is -2.45. The number of aromatic nitrogens is 1. The molecule has 1 aromatic heterocycles. The molecule has 1 N–H and O–H groups in total. The molecule has 1 aromatic carbocycles. The van der Waals surface area contributed by atoms with Crippen LogP contribution in [0.25, 0.3) is 11.1 Å². The zero-order valence-corrected chi connectivity index (χ0v) is 15.1. The Labute approximate surface area is 151 Å². The van der Waals surface area contributed by atoms with E-state index < -0.39 is 11.7 Å². The van der Waals surface area contributed by atoms with Crippen molar-refractivity contribution in [3.8, 4) is 0 Å². The molecule has 0 aliphatic heterocycles. The molecule has 2 aromatic rings. The summed E-state index contributed by atoms with van der Waals surface area (Å²) in [6.07, 6.45) is 3.21. The first kappa shape index (κ1) is 18.2. The molecule has 1 heterocycles. The Bertz CT molecular complexity index is 853. The Hall–Kier alpha value is -2.57. The zero-order chi connectivity index (χ0) is 18.7. The molecule has 7 nitrogen and oxygen atoms in total. The Morgan fingerprint density at radius 2 is 2.04 bits per heavy atom. The fraction of sp³-hybridized carbons (Fsp3) is 0.526. The summed E-state index contributed by atoms with van der Waals surface area (Å²) < 4.78 is 11.3. The number of para-hydroxylation sites is 2. The average Bonchev–Trinajstić information content (AvgIpc) is 2.93. The highest BCUT2D eigenvalue weighted by Gasteiger charge is 2.28. The molecule has 1 amide bonds. The minimum Gasteiger partial charge on any atom is -0.454 e. The first-order valence-corrected chi connectivity index (χ1v) is 8.99. The van der Waals surface area contributed by atoms with Gasteiger partial charge in [-0.05, 0) is 30.4 Å². The van der Waals surface area contributed by atoms with Crippen molar-refractivity contribution in [3.63, 3.8) is 0 Å². The minimum atomic E-state index is -0.654. The number of carbonyl (C=O) groups is 2. The van der Waals surface area contributed by atoms with Crippen LogP contribution in [0.1, 0.15) is 33.1 Å². The van der Waals surface area contributed by atoms with Crippen molar-refractivity contribution >= 4 is 23.0 Å². The molecule has 26 heavy (non-hydrogen) atoms. The normalized spacial score (nSPS) is 22.9. The molecule has 0 saturated heterocycles. The zero-order valence-electron chi connectivity index (χ0n) is 15.1. The molecule has 3 unspecified atom stereocenters. The van der Waals surface area contributed by atoms with Crippen LogP contribution in [0, 0.1) is 11.8 Å². The molecule has 1 aliphatic carbocycles. The topological polar surface area (TPSA) is 90.5 Å². The lowest BCUT2D eigenvalue weighted by molar-refractivity contribution is -0.149. The van der Waals surface area contributed by atoms with Crippen molar-refractivity contribution in [3.05, 3.63) is 34.8 Å². The summed E-state index contributed by atoms with van der Waals surface area (Å²) in [7, 11) is 0. The predicted molar refractivity (Wildman–Crippen MR) is 95.5 cm³/mol. The standard InChI is InChI=1S/C19H24N2O5/c1-12-6-5-7-14(13(12)2)20-17(22)11-25-18(23)10-21-15-8-3-4-9-16(15)26-19(21)24/h3-4,8-9,12-14H,5-7,10-11H2,1-2H3,(H,20,22). The molecule has 0 bridgehead atoms. The third kappa shape index (κ3) is 3.98. The number of benzene rings is 1. The molecular weight excluding hydrogens is 336 g/mol. The quantitative estimate of drug-likeness (QED) is 0.825. The second kappa shape index (κ2) is 7.76. The smallest absolute Gasteiger partial charge is 0.420 e. The van der Waals surface area contributed by atoms with Crippen molar-refractivity contribution in [2.75, 3.05) is 6.61 Å². The van der Waals surface area contributed by atoms with E-state index in [1.165, 1.54) is 11.0 Å². The minimum absolute atomic E-state index is 0.116. The van der Waals surface area contributed by atoms with E-state index in [1.54, 1.807) is 24.3 Å². The van der Waals surface area contributed by atoms with E-state index in [9.17, 15) is 14.4 Å². The van der Waals surface area contributed by atoms with Crippen LogP contribution in [0.3, 0.4) is 0 Å². The maximum absolute atomic E-state index is 12.1. The van der Waals surface area contributed by atoms with Crippen molar-refractivity contribution in [2.24, 2.45) is 11.8 Å². The van der Waals surface area contributed by atoms with Crippen LogP contribution in [0.2, 0.25) is 0 Å². The van der Waals surface area contributed by atoms with Crippen LogP contribution in [-0.2, 0) is 20.9 Å². The van der Waals surface area contributed by atoms with E-state index in [0.717, 1.165) is 12.8 Å². The maximum Gasteiger partial charge on any atom is 0.420 e. The second-order valence-corrected chi connectivity index (χ2v) is 7.02. The molecule has 3 atom stereocenters. The first-order valence-electron chi connectivity index (χ1n) is 8.99. The summed E-state index contributed by atoms with van der Waals surface area (Å²) in [5.41, 5.74) is 0.923. The van der Waals surface area contributed by atoms with Crippen LogP contribution in [0.4, 0.5) is 0 Å². The van der Waals surface area contributed by atoms with Crippen LogP contribution in [0.5, 0.6) is 0 Å². The van der Waals surface area contributed by atoms with E-state index in [0.29, 0.717) is 22.9 Å². The Morgan fingerprint density at radius 1 is 1.27 bits per heavy atom. The largest absolute Gasteiger partial charge is 0.454 e. The number of hydrogen-bond acceptors (Lipinski definition) is 5. The van der Waals surface area contributed by atoms with Gasteiger partial charge in [-0.2, -0.15) is 0 Å². The van der Waals surface area contributed by atoms with Crippen LogP contribution >= 0.6 is 0 Å². The van der Waals surface area contributed by atoms with Gasteiger partial charge >= 0.3 is 11.7 Å². The van der Waals surface area contributed by atoms with Gasteiger partial charge < -0.3 is 14.5 Å². The van der Waals surface area contributed by atoms with Crippen LogP contribution in [-0.4, -0.2) is 29.1 Å². The lowest BCUT2D eigenvalue weighted by atomic mass is 9.78. The fourth-order valence-corrected chi connectivity index (χ4v) is 3.52. The summed E-state index contributed by atoms with van der Waals surface area (Å²) >= 11 is 0. The highest BCUT2D eigenvalue weighted by atomic mass is 16.5. The first-order chi connectivity index (χ1) is 12.5. The number of rotatable bonds is 5. The maximum atomic E-state index is 12.1. The van der Waals surface area contributed by atoms with Gasteiger partial charge in [0.25, 0.3) is 5.91 Å². The molecule has 1 saturated carbocycles. The number of amides is 1. The van der Waals surface area contributed by atoms with Gasteiger partial charge in [-0.1, -0.05) is 38.8 Å². The molecule has 3 rings (SSSR count). The summed E-state index contributed by atoms with van der Waals surface area (Å²) in [5, 5.41) is 2.95. The average molecular weight is 360 g/mol. The summed E-state index contributed by atoms with van der Waals surface area (Å²) in [4.78, 5) is 35.9. The SMILES string of the molecule is CC1CCCC(NC(=O)COC(=O)Cn2c(=O)oc3ccccc32)C1C. The molecule has 140 valence electrons. The summed E-state index contributed by atoms with van der Waals surface area (Å²) in [5.74, 6) is -0.623. The van der Waals surface area contributed by atoms with Gasteiger partial charge in [0, 0.05) is 6.04 Å². The third-order valence-corrected chi connectivity index (χ3v) is 5.28. The predicted octanol–water partition coefficient (Wildman–Crippen LogP) is 2.08. The van der Waals surface area contributed by atoms with E-state index in [1.807, 2.05) is 0 Å². The Kier molecular flexibility index (Phi) is 5.44. The van der Waals surface area contributed by atoms with Gasteiger partial charge in [-0.25, -0.2) is 4.79 Å². The number of nitrogens with one attached hydrogen (secondary N) is 1. The van der Waals surface area contributed by atoms with Gasteiger partial charge in [0.2, 0.25) is 0 Å². The second-order valence-electron chi connectivity index (χ2n) is 7.02. The monoisotopic (exact) mass is 360 g/mol. The van der Waals surface area contributed by atoms with Crippen molar-refractivity contribution in [1.82, 2.24) is 9.88 Å². The molecular formula is C19H24N2O5. The van der Waals surface area contributed by atoms with Gasteiger partial charge in [0.05, 0.1) is 5.52 Å². The van der Waals surface area contributed by atoms with Crippen molar-refractivity contribution in [1.29, 1.82) is 0 Å². The van der Waals surface area contributed by atoms with Crippen molar-refractivity contribution in [2.45, 2.75) is 45.7 Å². The highest BCUT2D eigenvalue weighted by molar-refractivity contribution is 5.81. The Balaban J connectivity index is 1.53. The van der Waals surface area contributed by atoms with Gasteiger partial charge in [0.15, 0.2) is 12.2 Å². The Morgan fingerprint density at radius 3 is 2.85 bits per heavy atom. The van der Waals surface area contributed by atoms with E-state index in [2.05, 4.69) is 19.2 Å². The number of fused-ring (bicyclic) bond motifs is 1. The van der Waals surface area contributed by atoms with Crippen molar-refractivity contribution < 1.29 is 18.7 Å². The van der Waals surface area contributed by atoms with E-state index in [-0.39, 0.29) is 25.1 Å². The number of hydrogen-bond donors (Lipinski definition) is 1. The number of oxazole rings is 1. The molecule has 1 fully saturated rings. The van der Waals surface area contributed by atoms with Gasteiger partial charge in [-0.3, -0.25) is 14.2 Å². The summed E-state index contributed by atoms with van der Waals surface area (Å²) in [6, 6.07) is 6.94. The molecule has 0 spiro atoms. The number of ether oxygens (including phenoxy) is 1. The van der Waals surface area contributed by atoms with E-state index in [4.69, 9.17) is 9.15 Å². The van der Waals surface area contributed by atoms with Gasteiger partial charge in [-0.15, -0.1) is 0 Å². The van der Waals surface area contributed by atoms with Gasteiger partial charge in [0.1, 0.15) is 6.54 Å². The number of esters is 1. The third-order valence-electron chi connectivity index (χ3n) is 5.28. The lowest BCUT2D eigenvalue weighted by Gasteiger charge is -2.34. The van der Waals surface area contributed by atoms with Crippen LogP contribution < -0.4 is 11.1 Å². The highest BCUT2D eigenvalue weighted by Crippen LogP contribution is 2.29.